The molecule has 0 fully saturated rings. The van der Waals surface area contributed by atoms with Gasteiger partial charge in [-0.15, -0.1) is 11.6 Å². The first-order valence-electron chi connectivity index (χ1n) is 5.53. The van der Waals surface area contributed by atoms with Crippen LogP contribution in [0, 0.1) is 5.92 Å². The molecule has 0 spiro atoms. The maximum atomic E-state index is 5.95. The van der Waals surface area contributed by atoms with Crippen molar-refractivity contribution in [2.75, 3.05) is 18.0 Å². The molecule has 0 N–H and O–H groups in total. The van der Waals surface area contributed by atoms with Crippen LogP contribution in [0.4, 0.5) is 5.82 Å². The highest BCUT2D eigenvalue weighted by Crippen LogP contribution is 2.23. The van der Waals surface area contributed by atoms with Crippen LogP contribution in [0.3, 0.4) is 0 Å². The summed E-state index contributed by atoms with van der Waals surface area (Å²) in [5.41, 5.74) is 1.08. The Morgan fingerprint density at radius 1 is 1.50 bits per heavy atom. The SMILES string of the molecule is CCN(CC(C)C)c1ncc(Br)cc1CCl. The van der Waals surface area contributed by atoms with Gasteiger partial charge in [0.25, 0.3) is 0 Å². The van der Waals surface area contributed by atoms with E-state index in [1.54, 1.807) is 0 Å². The van der Waals surface area contributed by atoms with Crippen molar-refractivity contribution >= 4 is 33.3 Å². The van der Waals surface area contributed by atoms with Gasteiger partial charge in [-0.25, -0.2) is 4.98 Å². The summed E-state index contributed by atoms with van der Waals surface area (Å²) in [6, 6.07) is 2.04. The molecular weight excluding hydrogens is 288 g/mol. The molecule has 1 aromatic heterocycles. The van der Waals surface area contributed by atoms with Crippen LogP contribution in [-0.2, 0) is 5.88 Å². The Balaban J connectivity index is 2.99. The number of rotatable bonds is 5. The minimum Gasteiger partial charge on any atom is -0.356 e. The lowest BCUT2D eigenvalue weighted by Crippen LogP contribution is -2.29. The van der Waals surface area contributed by atoms with Crippen LogP contribution < -0.4 is 4.90 Å². The van der Waals surface area contributed by atoms with Crippen molar-refractivity contribution in [2.45, 2.75) is 26.7 Å². The molecule has 0 radical (unpaired) electrons. The minimum atomic E-state index is 0.496. The molecule has 0 saturated carbocycles. The fourth-order valence-corrected chi connectivity index (χ4v) is 2.24. The molecule has 1 aromatic rings. The van der Waals surface area contributed by atoms with Gasteiger partial charge in [0.15, 0.2) is 0 Å². The number of alkyl halides is 1. The molecule has 1 rings (SSSR count). The van der Waals surface area contributed by atoms with Gasteiger partial charge < -0.3 is 4.90 Å². The third kappa shape index (κ3) is 3.63. The highest BCUT2D eigenvalue weighted by atomic mass is 79.9. The lowest BCUT2D eigenvalue weighted by atomic mass is 10.2. The standard InChI is InChI=1S/C12H18BrClN2/c1-4-16(8-9(2)3)12-10(6-14)5-11(13)7-15-12/h5,7,9H,4,6,8H2,1-3H3. The second kappa shape index (κ2) is 6.45. The van der Waals surface area contributed by atoms with Crippen LogP contribution in [0.2, 0.25) is 0 Å². The van der Waals surface area contributed by atoms with Crippen LogP contribution in [0.15, 0.2) is 16.7 Å². The zero-order chi connectivity index (χ0) is 12.1. The summed E-state index contributed by atoms with van der Waals surface area (Å²) >= 11 is 9.37. The first kappa shape index (κ1) is 13.8. The maximum absolute atomic E-state index is 5.95. The van der Waals surface area contributed by atoms with Crippen molar-refractivity contribution in [1.82, 2.24) is 4.98 Å². The Labute approximate surface area is 111 Å². The highest BCUT2D eigenvalue weighted by Gasteiger charge is 2.12. The second-order valence-electron chi connectivity index (χ2n) is 4.20. The predicted octanol–water partition coefficient (Wildman–Crippen LogP) is 4.07. The van der Waals surface area contributed by atoms with Crippen LogP contribution in [-0.4, -0.2) is 18.1 Å². The third-order valence-electron chi connectivity index (χ3n) is 2.32. The maximum Gasteiger partial charge on any atom is 0.133 e. The molecule has 0 aliphatic rings. The number of nitrogens with zero attached hydrogens (tertiary/aromatic N) is 2. The van der Waals surface area contributed by atoms with Gasteiger partial charge in [-0.3, -0.25) is 0 Å². The van der Waals surface area contributed by atoms with E-state index in [1.165, 1.54) is 0 Å². The van der Waals surface area contributed by atoms with Gasteiger partial charge in [-0.05, 0) is 34.8 Å². The number of hydrogen-bond donors (Lipinski definition) is 0. The molecule has 16 heavy (non-hydrogen) atoms. The first-order valence-corrected chi connectivity index (χ1v) is 6.86. The van der Waals surface area contributed by atoms with E-state index in [2.05, 4.69) is 46.6 Å². The monoisotopic (exact) mass is 304 g/mol. The fraction of sp³-hybridized carbons (Fsp3) is 0.583. The summed E-state index contributed by atoms with van der Waals surface area (Å²) in [6.07, 6.45) is 1.83. The molecule has 0 saturated heterocycles. The van der Waals surface area contributed by atoms with Crippen LogP contribution in [0.25, 0.3) is 0 Å². The number of pyridine rings is 1. The average molecular weight is 306 g/mol. The van der Waals surface area contributed by atoms with E-state index in [-0.39, 0.29) is 0 Å². The van der Waals surface area contributed by atoms with Gasteiger partial charge in [0.05, 0.1) is 5.88 Å². The molecule has 1 heterocycles. The van der Waals surface area contributed by atoms with Crippen molar-refractivity contribution in [3.8, 4) is 0 Å². The Morgan fingerprint density at radius 3 is 2.69 bits per heavy atom. The largest absolute Gasteiger partial charge is 0.356 e. The molecule has 0 aliphatic carbocycles. The molecule has 90 valence electrons. The van der Waals surface area contributed by atoms with Crippen LogP contribution >= 0.6 is 27.5 Å². The van der Waals surface area contributed by atoms with E-state index in [0.717, 1.165) is 28.9 Å². The minimum absolute atomic E-state index is 0.496. The summed E-state index contributed by atoms with van der Waals surface area (Å²) in [6.45, 7) is 8.53. The Hall–Kier alpha value is -0.280. The lowest BCUT2D eigenvalue weighted by Gasteiger charge is -2.25. The van der Waals surface area contributed by atoms with Gasteiger partial charge in [0, 0.05) is 29.3 Å². The van der Waals surface area contributed by atoms with Crippen LogP contribution in [0.5, 0.6) is 0 Å². The van der Waals surface area contributed by atoms with E-state index < -0.39 is 0 Å². The summed E-state index contributed by atoms with van der Waals surface area (Å²) in [7, 11) is 0. The van der Waals surface area contributed by atoms with Gasteiger partial charge in [-0.2, -0.15) is 0 Å². The molecule has 0 aromatic carbocycles. The van der Waals surface area contributed by atoms with Crippen molar-refractivity contribution in [2.24, 2.45) is 5.92 Å². The van der Waals surface area contributed by atoms with Crippen molar-refractivity contribution in [3.63, 3.8) is 0 Å². The van der Waals surface area contributed by atoms with Gasteiger partial charge >= 0.3 is 0 Å². The lowest BCUT2D eigenvalue weighted by molar-refractivity contribution is 0.613. The molecule has 2 nitrogen and oxygen atoms in total. The van der Waals surface area contributed by atoms with E-state index in [9.17, 15) is 0 Å². The molecular formula is C12H18BrClN2. The fourth-order valence-electron chi connectivity index (χ4n) is 1.66. The average Bonchev–Trinajstić information content (AvgIpc) is 2.25. The number of halogens is 2. The summed E-state index contributed by atoms with van der Waals surface area (Å²) < 4.78 is 0.979. The molecule has 0 unspecified atom stereocenters. The third-order valence-corrected chi connectivity index (χ3v) is 3.04. The molecule has 0 atom stereocenters. The summed E-state index contributed by atoms with van der Waals surface area (Å²) in [5.74, 6) is 2.12. The van der Waals surface area contributed by atoms with Crippen LogP contribution in [0.1, 0.15) is 26.3 Å². The molecule has 0 bridgehead atoms. The molecule has 4 heteroatoms. The van der Waals surface area contributed by atoms with E-state index in [1.807, 2.05) is 12.3 Å². The van der Waals surface area contributed by atoms with Gasteiger partial charge in [0.2, 0.25) is 0 Å². The zero-order valence-electron chi connectivity index (χ0n) is 10.0. The van der Waals surface area contributed by atoms with E-state index in [4.69, 9.17) is 11.6 Å². The van der Waals surface area contributed by atoms with E-state index in [0.29, 0.717) is 11.8 Å². The Morgan fingerprint density at radius 2 is 2.19 bits per heavy atom. The quantitative estimate of drug-likeness (QED) is 0.763. The predicted molar refractivity (Wildman–Crippen MR) is 74.2 cm³/mol. The van der Waals surface area contributed by atoms with Crippen molar-refractivity contribution < 1.29 is 0 Å². The van der Waals surface area contributed by atoms with Crippen molar-refractivity contribution in [1.29, 1.82) is 0 Å². The van der Waals surface area contributed by atoms with Gasteiger partial charge in [0.1, 0.15) is 5.82 Å². The first-order chi connectivity index (χ1) is 7.58. The zero-order valence-corrected chi connectivity index (χ0v) is 12.3. The van der Waals surface area contributed by atoms with Gasteiger partial charge in [-0.1, -0.05) is 13.8 Å². The van der Waals surface area contributed by atoms with Crippen molar-refractivity contribution in [3.05, 3.63) is 22.3 Å². The number of hydrogen-bond acceptors (Lipinski definition) is 2. The summed E-state index contributed by atoms with van der Waals surface area (Å²) in [4.78, 5) is 6.74. The van der Waals surface area contributed by atoms with E-state index >= 15 is 0 Å². The Kier molecular flexibility index (Phi) is 5.56. The smallest absolute Gasteiger partial charge is 0.133 e. The summed E-state index contributed by atoms with van der Waals surface area (Å²) in [5, 5.41) is 0. The molecule has 0 amide bonds. The number of anilines is 1. The topological polar surface area (TPSA) is 16.1 Å². The highest BCUT2D eigenvalue weighted by molar-refractivity contribution is 9.10. The Bertz CT molecular complexity index is 342. The second-order valence-corrected chi connectivity index (χ2v) is 5.39. The number of aromatic nitrogens is 1. The normalized spacial score (nSPS) is 10.9. The molecule has 0 aliphatic heterocycles.